The summed E-state index contributed by atoms with van der Waals surface area (Å²) in [4.78, 5) is 16.4. The molecular formula is C23H28N4O2S2. The molecule has 1 atom stereocenters. The highest BCUT2D eigenvalue weighted by Gasteiger charge is 2.30. The van der Waals surface area contributed by atoms with E-state index in [9.17, 15) is 4.79 Å². The Morgan fingerprint density at radius 1 is 1.26 bits per heavy atom. The molecule has 4 rings (SSSR count). The first-order valence-corrected chi connectivity index (χ1v) is 12.6. The average molecular weight is 457 g/mol. The Hall–Kier alpha value is -2.32. The van der Waals surface area contributed by atoms with E-state index in [0.29, 0.717) is 5.75 Å². The first-order valence-electron chi connectivity index (χ1n) is 10.7. The van der Waals surface area contributed by atoms with Gasteiger partial charge in [-0.3, -0.25) is 4.79 Å². The third-order valence-electron chi connectivity index (χ3n) is 5.57. The molecule has 1 aliphatic rings. The number of hydrogen-bond acceptors (Lipinski definition) is 6. The molecule has 2 aromatic heterocycles. The highest BCUT2D eigenvalue weighted by Crippen LogP contribution is 2.35. The number of thioether (sulfide) groups is 1. The van der Waals surface area contributed by atoms with Gasteiger partial charge in [-0.05, 0) is 55.0 Å². The molecule has 0 bridgehead atoms. The van der Waals surface area contributed by atoms with Crippen molar-refractivity contribution in [3.05, 3.63) is 46.7 Å². The number of carbonyl (C=O) groups excluding carboxylic acids is 1. The van der Waals surface area contributed by atoms with E-state index in [2.05, 4.69) is 39.2 Å². The summed E-state index contributed by atoms with van der Waals surface area (Å²) in [5.41, 5.74) is 1.000. The summed E-state index contributed by atoms with van der Waals surface area (Å²) in [5.74, 6) is 2.21. The van der Waals surface area contributed by atoms with Crippen LogP contribution in [0.5, 0.6) is 5.75 Å². The number of likely N-dealkylation sites (tertiary alicyclic amines) is 1. The number of amides is 1. The van der Waals surface area contributed by atoms with E-state index in [1.165, 1.54) is 16.6 Å². The Kier molecular flexibility index (Phi) is 7.29. The lowest BCUT2D eigenvalue weighted by atomic mass is 10.2. The van der Waals surface area contributed by atoms with Crippen molar-refractivity contribution in [3.8, 4) is 17.1 Å². The van der Waals surface area contributed by atoms with Gasteiger partial charge >= 0.3 is 0 Å². The van der Waals surface area contributed by atoms with E-state index in [1.807, 2.05) is 29.2 Å². The number of benzene rings is 1. The molecule has 3 aromatic rings. The zero-order chi connectivity index (χ0) is 21.6. The number of rotatable bonds is 9. The lowest BCUT2D eigenvalue weighted by molar-refractivity contribution is -0.129. The van der Waals surface area contributed by atoms with Crippen LogP contribution in [0.4, 0.5) is 0 Å². The van der Waals surface area contributed by atoms with Gasteiger partial charge in [0.05, 0.1) is 18.9 Å². The third-order valence-corrected chi connectivity index (χ3v) is 7.49. The standard InChI is InChI=1S/C23H28N4O2S2/c1-3-4-13-27-22(17-9-11-18(29-2)12-10-17)24-25-23(27)31-16-21(28)26-14-5-7-19(26)20-8-6-15-30-20/h6,8-12,15,19H,3-5,7,13-14,16H2,1-2H3. The Labute approximate surface area is 191 Å². The maximum absolute atomic E-state index is 13.0. The van der Waals surface area contributed by atoms with Gasteiger partial charge in [-0.25, -0.2) is 0 Å². The van der Waals surface area contributed by atoms with Crippen LogP contribution in [0.1, 0.15) is 43.5 Å². The van der Waals surface area contributed by atoms with Gasteiger partial charge in [-0.15, -0.1) is 21.5 Å². The minimum Gasteiger partial charge on any atom is -0.497 e. The maximum atomic E-state index is 13.0. The number of hydrogen-bond donors (Lipinski definition) is 0. The minimum absolute atomic E-state index is 0.178. The molecular weight excluding hydrogens is 428 g/mol. The molecule has 3 heterocycles. The average Bonchev–Trinajstić information content (AvgIpc) is 3.56. The van der Waals surface area contributed by atoms with Gasteiger partial charge in [-0.1, -0.05) is 31.2 Å². The number of thiophene rings is 1. The molecule has 1 saturated heterocycles. The summed E-state index contributed by atoms with van der Waals surface area (Å²) in [5, 5.41) is 11.8. The minimum atomic E-state index is 0.178. The SMILES string of the molecule is CCCCn1c(SCC(=O)N2CCCC2c2cccs2)nnc1-c1ccc(OC)cc1. The van der Waals surface area contributed by atoms with E-state index >= 15 is 0 Å². The Bertz CT molecular complexity index is 986. The molecule has 31 heavy (non-hydrogen) atoms. The van der Waals surface area contributed by atoms with E-state index < -0.39 is 0 Å². The van der Waals surface area contributed by atoms with Gasteiger partial charge in [-0.2, -0.15) is 0 Å². The fourth-order valence-electron chi connectivity index (χ4n) is 3.92. The topological polar surface area (TPSA) is 60.2 Å². The molecule has 0 aliphatic carbocycles. The van der Waals surface area contributed by atoms with Crippen molar-refractivity contribution in [2.24, 2.45) is 0 Å². The molecule has 1 aromatic carbocycles. The molecule has 1 amide bonds. The summed E-state index contributed by atoms with van der Waals surface area (Å²) >= 11 is 3.23. The second kappa shape index (κ2) is 10.3. The summed E-state index contributed by atoms with van der Waals surface area (Å²) in [6, 6.07) is 12.3. The van der Waals surface area contributed by atoms with E-state index in [0.717, 1.165) is 61.1 Å². The van der Waals surface area contributed by atoms with Crippen LogP contribution in [0.2, 0.25) is 0 Å². The van der Waals surface area contributed by atoms with Gasteiger partial charge in [0, 0.05) is 23.5 Å². The van der Waals surface area contributed by atoms with Gasteiger partial charge in [0.25, 0.3) is 0 Å². The zero-order valence-corrected chi connectivity index (χ0v) is 19.6. The van der Waals surface area contributed by atoms with E-state index in [4.69, 9.17) is 4.74 Å². The van der Waals surface area contributed by atoms with Crippen molar-refractivity contribution in [3.63, 3.8) is 0 Å². The Morgan fingerprint density at radius 2 is 2.10 bits per heavy atom. The van der Waals surface area contributed by atoms with Crippen LogP contribution >= 0.6 is 23.1 Å². The van der Waals surface area contributed by atoms with Crippen molar-refractivity contribution in [1.29, 1.82) is 0 Å². The zero-order valence-electron chi connectivity index (χ0n) is 18.0. The van der Waals surface area contributed by atoms with Crippen molar-refractivity contribution >= 4 is 29.0 Å². The highest BCUT2D eigenvalue weighted by molar-refractivity contribution is 7.99. The fraction of sp³-hybridized carbons (Fsp3) is 0.435. The van der Waals surface area contributed by atoms with Crippen LogP contribution in [-0.4, -0.2) is 45.0 Å². The van der Waals surface area contributed by atoms with Crippen LogP contribution in [0.15, 0.2) is 46.9 Å². The molecule has 1 aliphatic heterocycles. The molecule has 0 spiro atoms. The molecule has 6 nitrogen and oxygen atoms in total. The Balaban J connectivity index is 1.48. The number of aromatic nitrogens is 3. The van der Waals surface area contributed by atoms with E-state index in [1.54, 1.807) is 18.4 Å². The second-order valence-corrected chi connectivity index (χ2v) is 9.51. The number of methoxy groups -OCH3 is 1. The number of ether oxygens (including phenoxy) is 1. The van der Waals surface area contributed by atoms with Crippen LogP contribution in [0, 0.1) is 0 Å². The second-order valence-electron chi connectivity index (χ2n) is 7.59. The Morgan fingerprint density at radius 3 is 2.81 bits per heavy atom. The molecule has 8 heteroatoms. The maximum Gasteiger partial charge on any atom is 0.233 e. The molecule has 0 saturated carbocycles. The number of unbranched alkanes of at least 4 members (excludes halogenated alkanes) is 1. The van der Waals surface area contributed by atoms with Gasteiger partial charge in [0.15, 0.2) is 11.0 Å². The summed E-state index contributed by atoms with van der Waals surface area (Å²) < 4.78 is 7.41. The number of nitrogens with zero attached hydrogens (tertiary/aromatic N) is 4. The quantitative estimate of drug-likeness (QED) is 0.411. The lowest BCUT2D eigenvalue weighted by Gasteiger charge is -2.23. The van der Waals surface area contributed by atoms with E-state index in [-0.39, 0.29) is 11.9 Å². The molecule has 1 fully saturated rings. The predicted molar refractivity (Wildman–Crippen MR) is 126 cm³/mol. The largest absolute Gasteiger partial charge is 0.497 e. The lowest BCUT2D eigenvalue weighted by Crippen LogP contribution is -2.31. The van der Waals surface area contributed by atoms with Gasteiger partial charge in [0.2, 0.25) is 5.91 Å². The predicted octanol–water partition coefficient (Wildman–Crippen LogP) is 5.27. The number of carbonyl (C=O) groups is 1. The smallest absolute Gasteiger partial charge is 0.233 e. The van der Waals surface area contributed by atoms with Crippen LogP contribution < -0.4 is 4.74 Å². The first-order chi connectivity index (χ1) is 15.2. The molecule has 1 unspecified atom stereocenters. The highest BCUT2D eigenvalue weighted by atomic mass is 32.2. The van der Waals surface area contributed by atoms with Gasteiger partial charge < -0.3 is 14.2 Å². The summed E-state index contributed by atoms with van der Waals surface area (Å²) in [6.07, 6.45) is 4.23. The molecule has 0 radical (unpaired) electrons. The van der Waals surface area contributed by atoms with Crippen molar-refractivity contribution in [2.75, 3.05) is 19.4 Å². The fourth-order valence-corrected chi connectivity index (χ4v) is 5.64. The third kappa shape index (κ3) is 4.96. The van der Waals surface area contributed by atoms with Crippen molar-refractivity contribution in [2.45, 2.75) is 50.4 Å². The summed E-state index contributed by atoms with van der Waals surface area (Å²) in [6.45, 7) is 3.84. The normalized spacial score (nSPS) is 16.1. The van der Waals surface area contributed by atoms with Crippen LogP contribution in [0.3, 0.4) is 0 Å². The van der Waals surface area contributed by atoms with Crippen molar-refractivity contribution in [1.82, 2.24) is 19.7 Å². The monoisotopic (exact) mass is 456 g/mol. The summed E-state index contributed by atoms with van der Waals surface area (Å²) in [7, 11) is 1.66. The van der Waals surface area contributed by atoms with Crippen molar-refractivity contribution < 1.29 is 9.53 Å². The first kappa shape index (κ1) is 21.9. The molecule has 164 valence electrons. The van der Waals surface area contributed by atoms with Gasteiger partial charge in [0.1, 0.15) is 5.75 Å². The van der Waals surface area contributed by atoms with Crippen LogP contribution in [0.25, 0.3) is 11.4 Å². The van der Waals surface area contributed by atoms with Crippen LogP contribution in [-0.2, 0) is 11.3 Å². The molecule has 0 N–H and O–H groups in total.